The van der Waals surface area contributed by atoms with Gasteiger partial charge in [0.15, 0.2) is 0 Å². The molecule has 0 fully saturated rings. The molecule has 1 atom stereocenters. The van der Waals surface area contributed by atoms with E-state index in [1.165, 1.54) is 7.11 Å². The molecule has 0 aromatic heterocycles. The van der Waals surface area contributed by atoms with Crippen molar-refractivity contribution in [3.05, 3.63) is 58.6 Å². The van der Waals surface area contributed by atoms with Gasteiger partial charge >= 0.3 is 5.97 Å². The van der Waals surface area contributed by atoms with Crippen LogP contribution in [0, 0.1) is 0 Å². The van der Waals surface area contributed by atoms with E-state index in [0.717, 1.165) is 5.56 Å². The van der Waals surface area contributed by atoms with Crippen LogP contribution in [-0.2, 0) is 11.2 Å². The summed E-state index contributed by atoms with van der Waals surface area (Å²) in [6.07, 6.45) is 0.289. The summed E-state index contributed by atoms with van der Waals surface area (Å²) >= 11 is 6.14. The minimum absolute atomic E-state index is 0.289. The molecule has 4 nitrogen and oxygen atoms in total. The molecule has 0 radical (unpaired) electrons. The number of carboxylic acid groups (broad SMARTS) is 1. The van der Waals surface area contributed by atoms with Gasteiger partial charge in [0.25, 0.3) is 0 Å². The first kappa shape index (κ1) is 16.2. The number of ether oxygens (including phenoxy) is 2. The van der Waals surface area contributed by atoms with Crippen LogP contribution in [0.5, 0.6) is 11.5 Å². The van der Waals surface area contributed by atoms with Gasteiger partial charge in [0, 0.05) is 16.7 Å². The summed E-state index contributed by atoms with van der Waals surface area (Å²) in [5.41, 5.74) is 1.38. The molecule has 22 heavy (non-hydrogen) atoms. The van der Waals surface area contributed by atoms with Gasteiger partial charge in [-0.05, 0) is 24.1 Å². The van der Waals surface area contributed by atoms with Gasteiger partial charge in [0.1, 0.15) is 11.5 Å². The summed E-state index contributed by atoms with van der Waals surface area (Å²) in [5.74, 6) is -0.578. The molecule has 0 heterocycles. The molecule has 116 valence electrons. The summed E-state index contributed by atoms with van der Waals surface area (Å²) in [6, 6.07) is 12.3. The molecule has 0 saturated carbocycles. The molecule has 2 aromatic carbocycles. The van der Waals surface area contributed by atoms with Gasteiger partial charge in [-0.15, -0.1) is 0 Å². The topological polar surface area (TPSA) is 55.8 Å². The molecule has 1 N–H and O–H groups in total. The van der Waals surface area contributed by atoms with Crippen molar-refractivity contribution in [2.45, 2.75) is 12.3 Å². The Bertz CT molecular complexity index is 669. The molecule has 5 heteroatoms. The Morgan fingerprint density at radius 2 is 1.91 bits per heavy atom. The molecule has 0 aliphatic carbocycles. The van der Waals surface area contributed by atoms with E-state index in [2.05, 4.69) is 0 Å². The fraction of sp³-hybridized carbons (Fsp3) is 0.235. The first-order valence-electron chi connectivity index (χ1n) is 6.75. The van der Waals surface area contributed by atoms with Crippen LogP contribution in [-0.4, -0.2) is 25.3 Å². The predicted molar refractivity (Wildman–Crippen MR) is 85.1 cm³/mol. The van der Waals surface area contributed by atoms with Gasteiger partial charge < -0.3 is 14.6 Å². The lowest BCUT2D eigenvalue weighted by Crippen LogP contribution is -2.15. The Kier molecular flexibility index (Phi) is 5.28. The minimum atomic E-state index is -0.927. The molecule has 0 aliphatic rings. The van der Waals surface area contributed by atoms with Crippen molar-refractivity contribution < 1.29 is 19.4 Å². The second kappa shape index (κ2) is 7.18. The van der Waals surface area contributed by atoms with Crippen molar-refractivity contribution in [1.29, 1.82) is 0 Å². The molecule has 0 bridgehead atoms. The number of carboxylic acids is 1. The molecular weight excluding hydrogens is 304 g/mol. The number of aliphatic carboxylic acids is 1. The van der Waals surface area contributed by atoms with Crippen LogP contribution in [0.25, 0.3) is 0 Å². The van der Waals surface area contributed by atoms with Gasteiger partial charge in [-0.3, -0.25) is 4.79 Å². The van der Waals surface area contributed by atoms with E-state index in [1.807, 2.05) is 18.2 Å². The molecule has 0 amide bonds. The lowest BCUT2D eigenvalue weighted by Gasteiger charge is -2.17. The number of methoxy groups -OCH3 is 2. The number of rotatable bonds is 6. The third kappa shape index (κ3) is 3.52. The molecule has 2 aromatic rings. The molecule has 0 saturated heterocycles. The van der Waals surface area contributed by atoms with Crippen molar-refractivity contribution in [3.63, 3.8) is 0 Å². The Balaban J connectivity index is 2.40. The summed E-state index contributed by atoms with van der Waals surface area (Å²) in [4.78, 5) is 11.7. The molecule has 2 rings (SSSR count). The number of carbonyl (C=O) groups is 1. The van der Waals surface area contributed by atoms with E-state index in [9.17, 15) is 9.90 Å². The lowest BCUT2D eigenvalue weighted by molar-refractivity contribution is -0.138. The molecule has 0 spiro atoms. The van der Waals surface area contributed by atoms with Crippen LogP contribution in [0.2, 0.25) is 5.02 Å². The van der Waals surface area contributed by atoms with E-state index in [1.54, 1.807) is 31.4 Å². The predicted octanol–water partition coefficient (Wildman–Crippen LogP) is 3.77. The maximum absolute atomic E-state index is 11.7. The smallest absolute Gasteiger partial charge is 0.311 e. The monoisotopic (exact) mass is 320 g/mol. The highest BCUT2D eigenvalue weighted by Crippen LogP contribution is 2.34. The SMILES string of the molecule is COc1ccc(C(Cc2ccccc2Cl)C(=O)O)c(OC)c1. The van der Waals surface area contributed by atoms with E-state index in [4.69, 9.17) is 21.1 Å². The quantitative estimate of drug-likeness (QED) is 0.880. The van der Waals surface area contributed by atoms with Crippen molar-refractivity contribution in [2.75, 3.05) is 14.2 Å². The zero-order valence-electron chi connectivity index (χ0n) is 12.4. The summed E-state index contributed by atoms with van der Waals surface area (Å²) < 4.78 is 10.5. The van der Waals surface area contributed by atoms with Crippen molar-refractivity contribution in [3.8, 4) is 11.5 Å². The average Bonchev–Trinajstić information content (AvgIpc) is 2.53. The highest BCUT2D eigenvalue weighted by molar-refractivity contribution is 6.31. The minimum Gasteiger partial charge on any atom is -0.497 e. The van der Waals surface area contributed by atoms with Crippen LogP contribution < -0.4 is 9.47 Å². The van der Waals surface area contributed by atoms with Gasteiger partial charge in [0.05, 0.1) is 20.1 Å². The first-order chi connectivity index (χ1) is 10.6. The summed E-state index contributed by atoms with van der Waals surface area (Å²) in [7, 11) is 3.06. The number of benzene rings is 2. The van der Waals surface area contributed by atoms with Crippen LogP contribution in [0.1, 0.15) is 17.0 Å². The highest BCUT2D eigenvalue weighted by Gasteiger charge is 2.25. The number of hydrogen-bond acceptors (Lipinski definition) is 3. The highest BCUT2D eigenvalue weighted by atomic mass is 35.5. The Morgan fingerprint density at radius 3 is 2.50 bits per heavy atom. The second-order valence-corrected chi connectivity index (χ2v) is 5.20. The molecule has 0 aliphatic heterocycles. The summed E-state index contributed by atoms with van der Waals surface area (Å²) in [6.45, 7) is 0. The third-order valence-electron chi connectivity index (χ3n) is 3.50. The zero-order chi connectivity index (χ0) is 16.1. The third-order valence-corrected chi connectivity index (χ3v) is 3.86. The van der Waals surface area contributed by atoms with Gasteiger partial charge in [-0.1, -0.05) is 35.9 Å². The maximum Gasteiger partial charge on any atom is 0.311 e. The Hall–Kier alpha value is -2.20. The van der Waals surface area contributed by atoms with Crippen molar-refractivity contribution in [1.82, 2.24) is 0 Å². The fourth-order valence-electron chi connectivity index (χ4n) is 2.32. The Morgan fingerprint density at radius 1 is 1.18 bits per heavy atom. The van der Waals surface area contributed by atoms with E-state index in [-0.39, 0.29) is 6.42 Å². The largest absolute Gasteiger partial charge is 0.497 e. The first-order valence-corrected chi connectivity index (χ1v) is 7.12. The van der Waals surface area contributed by atoms with Gasteiger partial charge in [-0.2, -0.15) is 0 Å². The molecular formula is C17H17ClO4. The van der Waals surface area contributed by atoms with E-state index < -0.39 is 11.9 Å². The maximum atomic E-state index is 11.7. The van der Waals surface area contributed by atoms with Gasteiger partial charge in [0.2, 0.25) is 0 Å². The number of halogens is 1. The summed E-state index contributed by atoms with van der Waals surface area (Å²) in [5, 5.41) is 10.2. The van der Waals surface area contributed by atoms with E-state index in [0.29, 0.717) is 22.1 Å². The van der Waals surface area contributed by atoms with E-state index >= 15 is 0 Å². The van der Waals surface area contributed by atoms with Crippen molar-refractivity contribution in [2.24, 2.45) is 0 Å². The van der Waals surface area contributed by atoms with Crippen LogP contribution in [0.15, 0.2) is 42.5 Å². The van der Waals surface area contributed by atoms with Crippen LogP contribution in [0.3, 0.4) is 0 Å². The second-order valence-electron chi connectivity index (χ2n) is 4.79. The fourth-order valence-corrected chi connectivity index (χ4v) is 2.53. The number of hydrogen-bond donors (Lipinski definition) is 1. The van der Waals surface area contributed by atoms with Crippen LogP contribution in [0.4, 0.5) is 0 Å². The van der Waals surface area contributed by atoms with Crippen molar-refractivity contribution >= 4 is 17.6 Å². The Labute approximate surface area is 134 Å². The molecule has 1 unspecified atom stereocenters. The standard InChI is InChI=1S/C17H17ClO4/c1-21-12-7-8-13(16(10-12)22-2)14(17(19)20)9-11-5-3-4-6-15(11)18/h3-8,10,14H,9H2,1-2H3,(H,19,20). The van der Waals surface area contributed by atoms with Gasteiger partial charge in [-0.25, -0.2) is 0 Å². The van der Waals surface area contributed by atoms with Crippen LogP contribution >= 0.6 is 11.6 Å². The lowest BCUT2D eigenvalue weighted by atomic mass is 9.91. The zero-order valence-corrected chi connectivity index (χ0v) is 13.1. The average molecular weight is 321 g/mol. The normalized spacial score (nSPS) is 11.8.